The second-order valence-corrected chi connectivity index (χ2v) is 11.1. The average molecular weight is 585 g/mol. The Morgan fingerprint density at radius 2 is 1.75 bits per heavy atom. The normalized spacial score (nSPS) is 11.7. The van der Waals surface area contributed by atoms with Crippen molar-refractivity contribution in [3.8, 4) is 17.1 Å². The van der Waals surface area contributed by atoms with Crippen LogP contribution in [0.4, 0.5) is 0 Å². The van der Waals surface area contributed by atoms with Crippen molar-refractivity contribution in [2.45, 2.75) is 33.2 Å². The van der Waals surface area contributed by atoms with Crippen LogP contribution in [0.5, 0.6) is 5.75 Å². The van der Waals surface area contributed by atoms with Gasteiger partial charge in [0.2, 0.25) is 0 Å². The van der Waals surface area contributed by atoms with Gasteiger partial charge in [-0.25, -0.2) is 9.78 Å². The number of benzene rings is 4. The maximum absolute atomic E-state index is 13.9. The molecule has 1 N–H and O–H groups in total. The van der Waals surface area contributed by atoms with Crippen LogP contribution in [0.3, 0.4) is 0 Å². The van der Waals surface area contributed by atoms with Crippen molar-refractivity contribution in [1.29, 1.82) is 0 Å². The van der Waals surface area contributed by atoms with E-state index in [0.717, 1.165) is 44.5 Å². The Bertz CT molecular complexity index is 2140. The van der Waals surface area contributed by atoms with E-state index < -0.39 is 5.97 Å². The van der Waals surface area contributed by atoms with E-state index in [1.165, 1.54) is 4.68 Å². The summed E-state index contributed by atoms with van der Waals surface area (Å²) in [6, 6.07) is 26.2. The molecule has 0 fully saturated rings. The number of hydrogen-bond donors (Lipinski definition) is 1. The van der Waals surface area contributed by atoms with Crippen LogP contribution in [0.2, 0.25) is 0 Å². The quantitative estimate of drug-likeness (QED) is 0.193. The Labute approximate surface area is 254 Å². The minimum absolute atomic E-state index is 0.191. The zero-order valence-corrected chi connectivity index (χ0v) is 25.0. The van der Waals surface area contributed by atoms with Crippen LogP contribution in [0.1, 0.15) is 52.4 Å². The highest BCUT2D eigenvalue weighted by Crippen LogP contribution is 2.34. The lowest BCUT2D eigenvalue weighted by Crippen LogP contribution is -2.20. The third kappa shape index (κ3) is 5.26. The molecular formula is C36H32N4O4. The van der Waals surface area contributed by atoms with Crippen molar-refractivity contribution >= 4 is 34.0 Å². The van der Waals surface area contributed by atoms with Gasteiger partial charge in [-0.1, -0.05) is 56.3 Å². The van der Waals surface area contributed by atoms with Gasteiger partial charge in [0.15, 0.2) is 5.82 Å². The fraction of sp³-hybridized carbons (Fsp3) is 0.167. The molecule has 0 unspecified atom stereocenters. The molecule has 0 saturated heterocycles. The molecule has 2 aromatic heterocycles. The van der Waals surface area contributed by atoms with Crippen LogP contribution in [-0.2, 0) is 6.54 Å². The molecule has 220 valence electrons. The van der Waals surface area contributed by atoms with Gasteiger partial charge in [-0.2, -0.15) is 9.78 Å². The first-order valence-electron chi connectivity index (χ1n) is 14.4. The highest BCUT2D eigenvalue weighted by Gasteiger charge is 2.19. The van der Waals surface area contributed by atoms with Gasteiger partial charge in [0.25, 0.3) is 5.56 Å². The summed E-state index contributed by atoms with van der Waals surface area (Å²) in [5.74, 6) is 0.466. The molecule has 0 bridgehead atoms. The molecular weight excluding hydrogens is 552 g/mol. The molecule has 6 rings (SSSR count). The fourth-order valence-corrected chi connectivity index (χ4v) is 5.60. The number of rotatable bonds is 8. The molecule has 0 atom stereocenters. The number of carbonyl (C=O) groups is 1. The Morgan fingerprint density at radius 1 is 1.00 bits per heavy atom. The predicted octanol–water partition coefficient (Wildman–Crippen LogP) is 7.09. The Kier molecular flexibility index (Phi) is 7.57. The molecule has 0 aliphatic rings. The lowest BCUT2D eigenvalue weighted by atomic mass is 9.96. The minimum Gasteiger partial charge on any atom is -0.496 e. The van der Waals surface area contributed by atoms with Crippen LogP contribution in [-0.4, -0.2) is 38.6 Å². The molecule has 0 saturated carbocycles. The van der Waals surface area contributed by atoms with Crippen LogP contribution in [0.15, 0.2) is 101 Å². The number of aryl methyl sites for hydroxylation is 1. The topological polar surface area (TPSA) is 98.7 Å². The number of para-hydroxylation sites is 2. The standard InChI is InChI=1S/C36H32N4O4/c1-22(2)29-18-30(23(3)16-33(29)44-4)34-38-31-14-7-5-13-28(31)35(41)40(34)37-19-26-21-39(32-15-8-6-12-27(26)32)20-24-10-9-11-25(17-24)36(42)43/h5-19,21-22H,20H2,1-4H3,(H,42,43). The maximum atomic E-state index is 13.9. The van der Waals surface area contributed by atoms with Crippen molar-refractivity contribution < 1.29 is 14.6 Å². The van der Waals surface area contributed by atoms with E-state index in [2.05, 4.69) is 18.4 Å². The average Bonchev–Trinajstić information content (AvgIpc) is 3.37. The van der Waals surface area contributed by atoms with Crippen molar-refractivity contribution in [3.63, 3.8) is 0 Å². The molecule has 44 heavy (non-hydrogen) atoms. The summed E-state index contributed by atoms with van der Waals surface area (Å²) in [5.41, 5.74) is 5.95. The molecule has 0 spiro atoms. The first kappa shape index (κ1) is 28.6. The number of fused-ring (bicyclic) bond motifs is 2. The SMILES string of the molecule is COc1cc(C)c(-c2nc3ccccc3c(=O)n2N=Cc2cn(Cc3cccc(C(=O)O)c3)c3ccccc23)cc1C(C)C. The molecule has 8 nitrogen and oxygen atoms in total. The van der Waals surface area contributed by atoms with Gasteiger partial charge >= 0.3 is 5.97 Å². The third-order valence-corrected chi connectivity index (χ3v) is 7.85. The summed E-state index contributed by atoms with van der Waals surface area (Å²) in [5, 5.41) is 15.6. The van der Waals surface area contributed by atoms with Crippen molar-refractivity contribution in [3.05, 3.63) is 129 Å². The smallest absolute Gasteiger partial charge is 0.335 e. The van der Waals surface area contributed by atoms with E-state index in [-0.39, 0.29) is 17.0 Å². The van der Waals surface area contributed by atoms with Gasteiger partial charge in [0, 0.05) is 34.8 Å². The Balaban J connectivity index is 1.50. The van der Waals surface area contributed by atoms with Gasteiger partial charge in [-0.3, -0.25) is 4.79 Å². The zero-order valence-electron chi connectivity index (χ0n) is 25.0. The Morgan fingerprint density at radius 3 is 2.50 bits per heavy atom. The molecule has 8 heteroatoms. The monoisotopic (exact) mass is 584 g/mol. The van der Waals surface area contributed by atoms with Gasteiger partial charge in [-0.05, 0) is 72.0 Å². The maximum Gasteiger partial charge on any atom is 0.335 e. The van der Waals surface area contributed by atoms with E-state index in [4.69, 9.17) is 14.8 Å². The van der Waals surface area contributed by atoms with E-state index in [1.54, 1.807) is 37.6 Å². The van der Waals surface area contributed by atoms with Crippen LogP contribution >= 0.6 is 0 Å². The molecule has 0 radical (unpaired) electrons. The largest absolute Gasteiger partial charge is 0.496 e. The summed E-state index contributed by atoms with van der Waals surface area (Å²) in [4.78, 5) is 30.4. The van der Waals surface area contributed by atoms with Gasteiger partial charge in [0.05, 0.1) is 29.8 Å². The van der Waals surface area contributed by atoms with Crippen molar-refractivity contribution in [2.24, 2.45) is 5.10 Å². The number of nitrogens with zero attached hydrogens (tertiary/aromatic N) is 4. The van der Waals surface area contributed by atoms with Gasteiger partial charge in [-0.15, -0.1) is 0 Å². The van der Waals surface area contributed by atoms with E-state index in [9.17, 15) is 14.7 Å². The first-order chi connectivity index (χ1) is 21.2. The van der Waals surface area contributed by atoms with Crippen molar-refractivity contribution in [1.82, 2.24) is 14.2 Å². The predicted molar refractivity (Wildman–Crippen MR) is 174 cm³/mol. The number of aromatic carboxylic acids is 1. The van der Waals surface area contributed by atoms with Crippen molar-refractivity contribution in [2.75, 3.05) is 7.11 Å². The zero-order chi connectivity index (χ0) is 31.0. The number of carboxylic acids is 1. The van der Waals surface area contributed by atoms with Gasteiger partial charge in [0.1, 0.15) is 5.75 Å². The molecule has 4 aromatic carbocycles. The lowest BCUT2D eigenvalue weighted by Gasteiger charge is -2.17. The summed E-state index contributed by atoms with van der Waals surface area (Å²) in [6.45, 7) is 6.65. The molecule has 2 heterocycles. The number of ether oxygens (including phenoxy) is 1. The number of carboxylic acid groups (broad SMARTS) is 1. The molecule has 0 aliphatic heterocycles. The molecule has 0 aliphatic carbocycles. The minimum atomic E-state index is -0.963. The summed E-state index contributed by atoms with van der Waals surface area (Å²) in [6.07, 6.45) is 3.66. The van der Waals surface area contributed by atoms with Crippen LogP contribution < -0.4 is 10.3 Å². The lowest BCUT2D eigenvalue weighted by molar-refractivity contribution is 0.0696. The highest BCUT2D eigenvalue weighted by atomic mass is 16.5. The molecule has 6 aromatic rings. The van der Waals surface area contributed by atoms with E-state index in [0.29, 0.717) is 23.3 Å². The number of aromatic nitrogens is 3. The number of methoxy groups -OCH3 is 1. The summed E-state index contributed by atoms with van der Waals surface area (Å²) >= 11 is 0. The van der Waals surface area contributed by atoms with Crippen LogP contribution in [0.25, 0.3) is 33.2 Å². The second-order valence-electron chi connectivity index (χ2n) is 11.1. The molecule has 0 amide bonds. The summed E-state index contributed by atoms with van der Waals surface area (Å²) < 4.78 is 9.10. The Hall–Kier alpha value is -5.50. The fourth-order valence-electron chi connectivity index (χ4n) is 5.60. The van der Waals surface area contributed by atoms with E-state index >= 15 is 0 Å². The summed E-state index contributed by atoms with van der Waals surface area (Å²) in [7, 11) is 1.66. The van der Waals surface area contributed by atoms with Gasteiger partial charge < -0.3 is 14.4 Å². The number of hydrogen-bond acceptors (Lipinski definition) is 5. The van der Waals surface area contributed by atoms with E-state index in [1.807, 2.05) is 73.8 Å². The highest BCUT2D eigenvalue weighted by molar-refractivity contribution is 5.99. The third-order valence-electron chi connectivity index (χ3n) is 7.85. The van der Waals surface area contributed by atoms with Crippen LogP contribution in [0, 0.1) is 6.92 Å². The second kappa shape index (κ2) is 11.6. The first-order valence-corrected chi connectivity index (χ1v) is 14.4.